The van der Waals surface area contributed by atoms with Crippen molar-refractivity contribution >= 4 is 5.91 Å². The molecular formula is C9H19NO3. The van der Waals surface area contributed by atoms with Crippen LogP contribution < -0.4 is 5.32 Å². The van der Waals surface area contributed by atoms with Gasteiger partial charge in [-0.3, -0.25) is 4.79 Å². The zero-order valence-corrected chi connectivity index (χ0v) is 8.59. The second-order valence-corrected chi connectivity index (χ2v) is 3.57. The average molecular weight is 189 g/mol. The number of nitrogens with one attached hydrogen (secondary N) is 1. The van der Waals surface area contributed by atoms with E-state index in [0.717, 1.165) is 0 Å². The van der Waals surface area contributed by atoms with E-state index in [1.807, 2.05) is 13.8 Å². The summed E-state index contributed by atoms with van der Waals surface area (Å²) in [4.78, 5) is 11.2. The molecule has 1 amide bonds. The van der Waals surface area contributed by atoms with Gasteiger partial charge in [-0.25, -0.2) is 0 Å². The number of hydrogen-bond acceptors (Lipinski definition) is 3. The van der Waals surface area contributed by atoms with Gasteiger partial charge in [-0.1, -0.05) is 0 Å². The standard InChI is InChI=1S/C9H19NO3/c1-9(2,13-3)7-8(12)10-5-4-6-11/h11H,4-7H2,1-3H3,(H,10,12). The van der Waals surface area contributed by atoms with Gasteiger partial charge in [0.2, 0.25) is 5.91 Å². The Balaban J connectivity index is 3.62. The van der Waals surface area contributed by atoms with Crippen molar-refractivity contribution in [1.29, 1.82) is 0 Å². The predicted octanol–water partition coefficient (Wildman–Crippen LogP) is 0.300. The summed E-state index contributed by atoms with van der Waals surface area (Å²) in [5.74, 6) is -0.0414. The number of carbonyl (C=O) groups is 1. The summed E-state index contributed by atoms with van der Waals surface area (Å²) in [7, 11) is 1.58. The molecule has 4 nitrogen and oxygen atoms in total. The minimum Gasteiger partial charge on any atom is -0.396 e. The lowest BCUT2D eigenvalue weighted by Crippen LogP contribution is -2.34. The summed E-state index contributed by atoms with van der Waals surface area (Å²) in [6.45, 7) is 4.35. The highest BCUT2D eigenvalue weighted by Crippen LogP contribution is 2.11. The van der Waals surface area contributed by atoms with Crippen molar-refractivity contribution in [2.24, 2.45) is 0 Å². The molecule has 0 atom stereocenters. The van der Waals surface area contributed by atoms with Crippen LogP contribution in [0.3, 0.4) is 0 Å². The number of carbonyl (C=O) groups excluding carboxylic acids is 1. The number of hydrogen-bond donors (Lipinski definition) is 2. The largest absolute Gasteiger partial charge is 0.396 e. The van der Waals surface area contributed by atoms with Gasteiger partial charge in [-0.2, -0.15) is 0 Å². The minimum atomic E-state index is -0.413. The van der Waals surface area contributed by atoms with Crippen LogP contribution in [0.25, 0.3) is 0 Å². The zero-order chi connectivity index (χ0) is 10.3. The molecule has 4 heteroatoms. The molecule has 0 aromatic heterocycles. The Kier molecular flexibility index (Phi) is 5.66. The van der Waals surface area contributed by atoms with Crippen molar-refractivity contribution in [2.45, 2.75) is 32.3 Å². The van der Waals surface area contributed by atoms with E-state index in [0.29, 0.717) is 19.4 Å². The van der Waals surface area contributed by atoms with E-state index in [1.54, 1.807) is 7.11 Å². The van der Waals surface area contributed by atoms with Crippen LogP contribution in [-0.4, -0.2) is 36.9 Å². The van der Waals surface area contributed by atoms with Crippen molar-refractivity contribution < 1.29 is 14.6 Å². The molecule has 0 aromatic rings. The van der Waals surface area contributed by atoms with Crippen LogP contribution in [0.5, 0.6) is 0 Å². The highest BCUT2D eigenvalue weighted by molar-refractivity contribution is 5.76. The Morgan fingerprint density at radius 2 is 2.15 bits per heavy atom. The van der Waals surface area contributed by atoms with Gasteiger partial charge in [0.1, 0.15) is 0 Å². The summed E-state index contributed by atoms with van der Waals surface area (Å²) in [5.41, 5.74) is -0.413. The minimum absolute atomic E-state index is 0.0414. The fourth-order valence-electron chi connectivity index (χ4n) is 0.828. The topological polar surface area (TPSA) is 58.6 Å². The summed E-state index contributed by atoms with van der Waals surface area (Å²) < 4.78 is 5.10. The summed E-state index contributed by atoms with van der Waals surface area (Å²) in [5, 5.41) is 11.2. The van der Waals surface area contributed by atoms with Gasteiger partial charge in [-0.05, 0) is 20.3 Å². The molecule has 0 aliphatic heterocycles. The van der Waals surface area contributed by atoms with Gasteiger partial charge in [0.15, 0.2) is 0 Å². The van der Waals surface area contributed by atoms with E-state index in [4.69, 9.17) is 9.84 Å². The van der Waals surface area contributed by atoms with Crippen LogP contribution in [0.1, 0.15) is 26.7 Å². The molecular weight excluding hydrogens is 170 g/mol. The first-order valence-corrected chi connectivity index (χ1v) is 4.44. The third-order valence-electron chi connectivity index (χ3n) is 1.80. The molecule has 0 saturated carbocycles. The Morgan fingerprint density at radius 3 is 2.62 bits per heavy atom. The monoisotopic (exact) mass is 189 g/mol. The van der Waals surface area contributed by atoms with Gasteiger partial charge in [0.05, 0.1) is 12.0 Å². The normalized spacial score (nSPS) is 11.4. The number of methoxy groups -OCH3 is 1. The second kappa shape index (κ2) is 5.94. The van der Waals surface area contributed by atoms with Crippen LogP contribution in [0.4, 0.5) is 0 Å². The quantitative estimate of drug-likeness (QED) is 0.591. The zero-order valence-electron chi connectivity index (χ0n) is 8.59. The van der Waals surface area contributed by atoms with Crippen molar-refractivity contribution in [2.75, 3.05) is 20.3 Å². The molecule has 0 radical (unpaired) electrons. The van der Waals surface area contributed by atoms with Gasteiger partial charge in [0, 0.05) is 20.3 Å². The molecule has 0 spiro atoms. The smallest absolute Gasteiger partial charge is 0.222 e. The Morgan fingerprint density at radius 1 is 1.54 bits per heavy atom. The first kappa shape index (κ1) is 12.4. The molecule has 0 fully saturated rings. The molecule has 0 heterocycles. The van der Waals surface area contributed by atoms with Crippen LogP contribution in [0.2, 0.25) is 0 Å². The predicted molar refractivity (Wildman–Crippen MR) is 50.4 cm³/mol. The van der Waals surface area contributed by atoms with Crippen LogP contribution >= 0.6 is 0 Å². The maximum Gasteiger partial charge on any atom is 0.222 e. The summed E-state index contributed by atoms with van der Waals surface area (Å²) in [6, 6.07) is 0. The molecule has 0 unspecified atom stereocenters. The molecule has 0 aliphatic rings. The van der Waals surface area contributed by atoms with Crippen molar-refractivity contribution in [1.82, 2.24) is 5.32 Å². The number of rotatable bonds is 6. The van der Waals surface area contributed by atoms with Crippen LogP contribution in [0.15, 0.2) is 0 Å². The van der Waals surface area contributed by atoms with Crippen molar-refractivity contribution in [3.05, 3.63) is 0 Å². The number of aliphatic hydroxyl groups is 1. The van der Waals surface area contributed by atoms with E-state index in [-0.39, 0.29) is 12.5 Å². The highest BCUT2D eigenvalue weighted by Gasteiger charge is 2.20. The Hall–Kier alpha value is -0.610. The molecule has 13 heavy (non-hydrogen) atoms. The van der Waals surface area contributed by atoms with Crippen molar-refractivity contribution in [3.63, 3.8) is 0 Å². The first-order valence-electron chi connectivity index (χ1n) is 4.44. The van der Waals surface area contributed by atoms with E-state index < -0.39 is 5.60 Å². The molecule has 0 saturated heterocycles. The fraction of sp³-hybridized carbons (Fsp3) is 0.889. The Labute approximate surface area is 79.3 Å². The molecule has 2 N–H and O–H groups in total. The maximum absolute atomic E-state index is 11.2. The third kappa shape index (κ3) is 6.54. The van der Waals surface area contributed by atoms with Gasteiger partial charge < -0.3 is 15.2 Å². The SMILES string of the molecule is COC(C)(C)CC(=O)NCCCO. The number of amides is 1. The lowest BCUT2D eigenvalue weighted by molar-refractivity contribution is -0.126. The van der Waals surface area contributed by atoms with Crippen LogP contribution in [0, 0.1) is 0 Å². The second-order valence-electron chi connectivity index (χ2n) is 3.57. The number of aliphatic hydroxyl groups excluding tert-OH is 1. The van der Waals surface area contributed by atoms with Gasteiger partial charge in [0.25, 0.3) is 0 Å². The molecule has 0 bridgehead atoms. The fourth-order valence-corrected chi connectivity index (χ4v) is 0.828. The summed E-state index contributed by atoms with van der Waals surface area (Å²) in [6.07, 6.45) is 0.939. The molecule has 0 aliphatic carbocycles. The molecule has 0 aromatic carbocycles. The Bertz CT molecular complexity index is 157. The lowest BCUT2D eigenvalue weighted by Gasteiger charge is -2.21. The van der Waals surface area contributed by atoms with E-state index >= 15 is 0 Å². The number of ether oxygens (including phenoxy) is 1. The maximum atomic E-state index is 11.2. The van der Waals surface area contributed by atoms with E-state index in [9.17, 15) is 4.79 Å². The highest BCUT2D eigenvalue weighted by atomic mass is 16.5. The van der Waals surface area contributed by atoms with E-state index in [2.05, 4.69) is 5.32 Å². The summed E-state index contributed by atoms with van der Waals surface area (Å²) >= 11 is 0. The third-order valence-corrected chi connectivity index (χ3v) is 1.80. The molecule has 78 valence electrons. The van der Waals surface area contributed by atoms with Crippen molar-refractivity contribution in [3.8, 4) is 0 Å². The molecule has 0 rings (SSSR count). The van der Waals surface area contributed by atoms with Gasteiger partial charge >= 0.3 is 0 Å². The van der Waals surface area contributed by atoms with E-state index in [1.165, 1.54) is 0 Å². The van der Waals surface area contributed by atoms with Gasteiger partial charge in [-0.15, -0.1) is 0 Å². The van der Waals surface area contributed by atoms with Crippen LogP contribution in [-0.2, 0) is 9.53 Å². The average Bonchev–Trinajstić information content (AvgIpc) is 2.04. The lowest BCUT2D eigenvalue weighted by atomic mass is 10.1. The first-order chi connectivity index (χ1) is 6.02.